The number of aromatic amines is 1. The highest BCUT2D eigenvalue weighted by molar-refractivity contribution is 6.08. The van der Waals surface area contributed by atoms with E-state index in [0.29, 0.717) is 22.4 Å². The van der Waals surface area contributed by atoms with Crippen molar-refractivity contribution >= 4 is 28.7 Å². The standard InChI is InChI=1S/C20H22N4O4/c1-5-28-20(27)16-11(2)17(21-12(16)3)19(26)23-22-18(25)14-10-24(4)15-9-7-6-8-13(14)15/h6-10,21H,5H2,1-4H3,(H,22,25)(H,23,26). The summed E-state index contributed by atoms with van der Waals surface area (Å²) in [5.41, 5.74) is 7.69. The number of carbonyl (C=O) groups excluding carboxylic acids is 3. The fourth-order valence-corrected chi connectivity index (χ4v) is 3.25. The summed E-state index contributed by atoms with van der Waals surface area (Å²) in [6.45, 7) is 5.29. The van der Waals surface area contributed by atoms with Gasteiger partial charge in [-0.1, -0.05) is 18.2 Å². The van der Waals surface area contributed by atoms with Crippen LogP contribution in [0.25, 0.3) is 10.9 Å². The van der Waals surface area contributed by atoms with Gasteiger partial charge in [0.2, 0.25) is 0 Å². The SMILES string of the molecule is CCOC(=O)c1c(C)[nH]c(C(=O)NNC(=O)c2cn(C)c3ccccc23)c1C. The molecular formula is C20H22N4O4. The Morgan fingerprint density at radius 1 is 1.11 bits per heavy atom. The summed E-state index contributed by atoms with van der Waals surface area (Å²) in [5.74, 6) is -1.48. The first-order chi connectivity index (χ1) is 13.3. The van der Waals surface area contributed by atoms with E-state index in [1.165, 1.54) is 0 Å². The maximum atomic E-state index is 12.5. The molecule has 2 aromatic heterocycles. The number of aromatic nitrogens is 2. The minimum absolute atomic E-state index is 0.193. The van der Waals surface area contributed by atoms with Crippen LogP contribution in [0.1, 0.15) is 49.4 Å². The van der Waals surface area contributed by atoms with E-state index in [4.69, 9.17) is 4.74 Å². The van der Waals surface area contributed by atoms with Gasteiger partial charge in [0.15, 0.2) is 0 Å². The van der Waals surface area contributed by atoms with Gasteiger partial charge in [-0.25, -0.2) is 4.79 Å². The van der Waals surface area contributed by atoms with E-state index in [9.17, 15) is 14.4 Å². The van der Waals surface area contributed by atoms with Crippen molar-refractivity contribution < 1.29 is 19.1 Å². The number of hydrogen-bond donors (Lipinski definition) is 3. The Balaban J connectivity index is 1.76. The molecule has 0 radical (unpaired) electrons. The monoisotopic (exact) mass is 382 g/mol. The summed E-state index contributed by atoms with van der Waals surface area (Å²) in [6.07, 6.45) is 1.70. The van der Waals surface area contributed by atoms with Crippen LogP contribution in [0.2, 0.25) is 0 Å². The molecule has 0 bridgehead atoms. The van der Waals surface area contributed by atoms with Crippen LogP contribution >= 0.6 is 0 Å². The van der Waals surface area contributed by atoms with Crippen molar-refractivity contribution in [2.75, 3.05) is 6.61 Å². The fourth-order valence-electron chi connectivity index (χ4n) is 3.25. The van der Waals surface area contributed by atoms with Crippen LogP contribution in [0.4, 0.5) is 0 Å². The number of amides is 2. The molecule has 0 saturated carbocycles. The Morgan fingerprint density at radius 2 is 1.79 bits per heavy atom. The van der Waals surface area contributed by atoms with Gasteiger partial charge in [0.1, 0.15) is 5.69 Å². The number of fused-ring (bicyclic) bond motifs is 1. The molecular weight excluding hydrogens is 360 g/mol. The number of nitrogens with one attached hydrogen (secondary N) is 3. The number of hydrogen-bond acceptors (Lipinski definition) is 4. The lowest BCUT2D eigenvalue weighted by Gasteiger charge is -2.07. The molecule has 0 saturated heterocycles. The van der Waals surface area contributed by atoms with Gasteiger partial charge in [-0.15, -0.1) is 0 Å². The molecule has 0 atom stereocenters. The van der Waals surface area contributed by atoms with E-state index >= 15 is 0 Å². The topological polar surface area (TPSA) is 105 Å². The van der Waals surface area contributed by atoms with Crippen LogP contribution in [0, 0.1) is 13.8 Å². The van der Waals surface area contributed by atoms with Crippen molar-refractivity contribution in [1.29, 1.82) is 0 Å². The van der Waals surface area contributed by atoms with Crippen molar-refractivity contribution in [2.45, 2.75) is 20.8 Å². The zero-order valence-corrected chi connectivity index (χ0v) is 16.2. The summed E-state index contributed by atoms with van der Waals surface area (Å²) in [6, 6.07) is 7.49. The molecule has 2 amide bonds. The summed E-state index contributed by atoms with van der Waals surface area (Å²) in [7, 11) is 1.85. The number of aryl methyl sites for hydroxylation is 2. The van der Waals surface area contributed by atoms with Crippen molar-refractivity contribution in [3.63, 3.8) is 0 Å². The summed E-state index contributed by atoms with van der Waals surface area (Å²) >= 11 is 0. The summed E-state index contributed by atoms with van der Waals surface area (Å²) in [5, 5.41) is 0.785. The van der Waals surface area contributed by atoms with Crippen LogP contribution in [-0.2, 0) is 11.8 Å². The van der Waals surface area contributed by atoms with E-state index in [1.807, 2.05) is 35.9 Å². The molecule has 0 unspecified atom stereocenters. The highest BCUT2D eigenvalue weighted by Gasteiger charge is 2.23. The molecule has 3 N–H and O–H groups in total. The van der Waals surface area contributed by atoms with E-state index in [1.54, 1.807) is 27.0 Å². The largest absolute Gasteiger partial charge is 0.462 e. The number of ether oxygens (including phenoxy) is 1. The van der Waals surface area contributed by atoms with Crippen LogP contribution in [0.15, 0.2) is 30.5 Å². The number of esters is 1. The number of benzene rings is 1. The van der Waals surface area contributed by atoms with E-state index in [0.717, 1.165) is 10.9 Å². The van der Waals surface area contributed by atoms with Gasteiger partial charge < -0.3 is 14.3 Å². The minimum atomic E-state index is -0.551. The number of H-pyrrole nitrogens is 1. The second-order valence-electron chi connectivity index (χ2n) is 6.42. The van der Waals surface area contributed by atoms with Gasteiger partial charge in [0.25, 0.3) is 11.8 Å². The van der Waals surface area contributed by atoms with Crippen molar-refractivity contribution in [3.8, 4) is 0 Å². The highest BCUT2D eigenvalue weighted by Crippen LogP contribution is 2.21. The second kappa shape index (κ2) is 7.59. The lowest BCUT2D eigenvalue weighted by atomic mass is 10.1. The predicted octanol–water partition coefficient (Wildman–Crippen LogP) is 2.37. The average molecular weight is 382 g/mol. The first kappa shape index (κ1) is 19.2. The van der Waals surface area contributed by atoms with Crippen molar-refractivity contribution in [2.24, 2.45) is 7.05 Å². The third-order valence-electron chi connectivity index (χ3n) is 4.58. The van der Waals surface area contributed by atoms with Gasteiger partial charge in [0.05, 0.1) is 17.7 Å². The molecule has 146 valence electrons. The Bertz CT molecular complexity index is 1080. The zero-order chi connectivity index (χ0) is 20.4. The second-order valence-corrected chi connectivity index (χ2v) is 6.42. The molecule has 0 aliphatic carbocycles. The Hall–Kier alpha value is -3.55. The predicted molar refractivity (Wildman–Crippen MR) is 104 cm³/mol. The molecule has 28 heavy (non-hydrogen) atoms. The van der Waals surface area contributed by atoms with Crippen LogP contribution in [0.3, 0.4) is 0 Å². The zero-order valence-electron chi connectivity index (χ0n) is 16.2. The first-order valence-electron chi connectivity index (χ1n) is 8.86. The maximum Gasteiger partial charge on any atom is 0.340 e. The number of para-hydroxylation sites is 1. The molecule has 1 aromatic carbocycles. The number of rotatable bonds is 4. The van der Waals surface area contributed by atoms with Crippen LogP contribution in [0.5, 0.6) is 0 Å². The number of hydrazine groups is 1. The molecule has 3 aromatic rings. The van der Waals surface area contributed by atoms with Gasteiger partial charge >= 0.3 is 5.97 Å². The molecule has 2 heterocycles. The molecule has 0 spiro atoms. The molecule has 8 nitrogen and oxygen atoms in total. The van der Waals surface area contributed by atoms with Crippen molar-refractivity contribution in [1.82, 2.24) is 20.4 Å². The van der Waals surface area contributed by atoms with Crippen molar-refractivity contribution in [3.05, 3.63) is 58.5 Å². The molecule has 3 rings (SSSR count). The molecule has 0 aliphatic rings. The van der Waals surface area contributed by atoms with Gasteiger partial charge in [-0.05, 0) is 32.4 Å². The quantitative estimate of drug-likeness (QED) is 0.476. The normalized spacial score (nSPS) is 10.7. The minimum Gasteiger partial charge on any atom is -0.462 e. The van der Waals surface area contributed by atoms with E-state index < -0.39 is 17.8 Å². The summed E-state index contributed by atoms with van der Waals surface area (Å²) in [4.78, 5) is 40.0. The molecule has 8 heteroatoms. The maximum absolute atomic E-state index is 12.5. The average Bonchev–Trinajstić information content (AvgIpc) is 3.16. The summed E-state index contributed by atoms with van der Waals surface area (Å²) < 4.78 is 6.86. The highest BCUT2D eigenvalue weighted by atomic mass is 16.5. The van der Waals surface area contributed by atoms with Gasteiger partial charge in [-0.2, -0.15) is 0 Å². The molecule has 0 aliphatic heterocycles. The number of carbonyl (C=O) groups is 3. The first-order valence-corrected chi connectivity index (χ1v) is 8.86. The third-order valence-corrected chi connectivity index (χ3v) is 4.58. The van der Waals surface area contributed by atoms with E-state index in [-0.39, 0.29) is 12.3 Å². The lowest BCUT2D eigenvalue weighted by molar-refractivity contribution is 0.0524. The van der Waals surface area contributed by atoms with Crippen LogP contribution in [-0.4, -0.2) is 33.9 Å². The Labute approximate surface area is 161 Å². The van der Waals surface area contributed by atoms with Crippen LogP contribution < -0.4 is 10.9 Å². The fraction of sp³-hybridized carbons (Fsp3) is 0.250. The van der Waals surface area contributed by atoms with Gasteiger partial charge in [0, 0.05) is 29.8 Å². The smallest absolute Gasteiger partial charge is 0.340 e. The van der Waals surface area contributed by atoms with Gasteiger partial charge in [-0.3, -0.25) is 20.4 Å². The Kier molecular flexibility index (Phi) is 5.21. The third kappa shape index (κ3) is 3.36. The number of nitrogens with zero attached hydrogens (tertiary/aromatic N) is 1. The lowest BCUT2D eigenvalue weighted by Crippen LogP contribution is -2.42. The van der Waals surface area contributed by atoms with E-state index in [2.05, 4.69) is 15.8 Å². The molecule has 0 fully saturated rings. The Morgan fingerprint density at radius 3 is 2.50 bits per heavy atom.